The van der Waals surface area contributed by atoms with Gasteiger partial charge in [-0.05, 0) is 73.1 Å². The van der Waals surface area contributed by atoms with Crippen LogP contribution in [0.1, 0.15) is 36.5 Å². The van der Waals surface area contributed by atoms with Crippen molar-refractivity contribution >= 4 is 0 Å². The number of hydrogen-bond acceptors (Lipinski definition) is 7. The summed E-state index contributed by atoms with van der Waals surface area (Å²) in [5.74, 6) is -2.26. The van der Waals surface area contributed by atoms with Crippen LogP contribution in [0, 0.1) is 11.8 Å². The van der Waals surface area contributed by atoms with Crippen LogP contribution in [0.3, 0.4) is 0 Å². The third-order valence-corrected chi connectivity index (χ3v) is 5.51. The molecule has 5 N–H and O–H groups in total. The van der Waals surface area contributed by atoms with Crippen molar-refractivity contribution in [1.29, 1.82) is 0 Å². The maximum absolute atomic E-state index is 10.4. The van der Waals surface area contributed by atoms with Crippen molar-refractivity contribution in [3.63, 3.8) is 0 Å². The summed E-state index contributed by atoms with van der Waals surface area (Å²) >= 11 is 0. The summed E-state index contributed by atoms with van der Waals surface area (Å²) in [6.07, 6.45) is 0.545. The predicted molar refractivity (Wildman–Crippen MR) is 106 cm³/mol. The molecule has 0 saturated heterocycles. The molecule has 0 heterocycles. The number of benzene rings is 2. The summed E-state index contributed by atoms with van der Waals surface area (Å²) in [5.41, 5.74) is 2.44. The molecule has 2 aromatic carbocycles. The van der Waals surface area contributed by atoms with Gasteiger partial charge in [0.15, 0.2) is 28.8 Å². The number of aliphatic hydroxyl groups excluding tert-OH is 1. The molecule has 0 fully saturated rings. The molecule has 0 amide bonds. The first-order valence-electron chi connectivity index (χ1n) is 9.53. The van der Waals surface area contributed by atoms with Crippen molar-refractivity contribution in [2.24, 2.45) is 11.8 Å². The molecule has 0 bridgehead atoms. The number of phenolic OH excluding ortho intramolecular Hbond substituents is 3. The number of fused-ring (bicyclic) bond motifs is 1. The van der Waals surface area contributed by atoms with Crippen molar-refractivity contribution in [2.45, 2.75) is 32.0 Å². The zero-order valence-corrected chi connectivity index (χ0v) is 16.8. The number of phenols is 3. The quantitative estimate of drug-likeness (QED) is 0.371. The molecule has 0 spiro atoms. The zero-order valence-electron chi connectivity index (χ0n) is 16.8. The summed E-state index contributed by atoms with van der Waals surface area (Å²) in [5, 5.41) is 50.2. The Balaban J connectivity index is 2.14. The van der Waals surface area contributed by atoms with E-state index in [1.54, 1.807) is 18.2 Å². The van der Waals surface area contributed by atoms with Crippen LogP contribution < -0.4 is 4.74 Å². The molecule has 29 heavy (non-hydrogen) atoms. The topological polar surface area (TPSA) is 120 Å². The van der Waals surface area contributed by atoms with Crippen LogP contribution in [-0.2, 0) is 11.2 Å². The summed E-state index contributed by atoms with van der Waals surface area (Å²) in [6.45, 7) is 3.14. The molecule has 3 atom stereocenters. The van der Waals surface area contributed by atoms with E-state index in [1.165, 1.54) is 33.1 Å². The molecule has 0 unspecified atom stereocenters. The van der Waals surface area contributed by atoms with Gasteiger partial charge in [-0.15, -0.1) is 0 Å². The normalized spacial score (nSPS) is 21.6. The van der Waals surface area contributed by atoms with Crippen LogP contribution in [0.2, 0.25) is 0 Å². The highest BCUT2D eigenvalue weighted by molar-refractivity contribution is 5.53. The first kappa shape index (κ1) is 21.2. The first-order valence-corrected chi connectivity index (χ1v) is 9.53. The molecular formula is C22H28O7. The Morgan fingerprint density at radius 2 is 1.76 bits per heavy atom. The molecule has 1 aliphatic carbocycles. The van der Waals surface area contributed by atoms with Crippen molar-refractivity contribution in [1.82, 2.24) is 0 Å². The van der Waals surface area contributed by atoms with E-state index in [-0.39, 0.29) is 48.2 Å². The Hall–Kier alpha value is -2.48. The lowest BCUT2D eigenvalue weighted by Gasteiger charge is -2.40. The molecular weight excluding hydrogens is 376 g/mol. The minimum Gasteiger partial charge on any atom is -0.504 e. The lowest BCUT2D eigenvalue weighted by molar-refractivity contribution is -0.188. The average Bonchev–Trinajstić information content (AvgIpc) is 2.66. The molecule has 3 rings (SSSR count). The van der Waals surface area contributed by atoms with Gasteiger partial charge in [0.2, 0.25) is 0 Å². The molecule has 7 heteroatoms. The van der Waals surface area contributed by atoms with Crippen LogP contribution in [-0.4, -0.2) is 51.6 Å². The van der Waals surface area contributed by atoms with Gasteiger partial charge in [-0.1, -0.05) is 6.07 Å². The minimum absolute atomic E-state index is 0.0103. The Morgan fingerprint density at radius 1 is 1.03 bits per heavy atom. The second kappa shape index (κ2) is 8.10. The number of aliphatic hydroxyl groups is 2. The van der Waals surface area contributed by atoms with E-state index < -0.39 is 5.79 Å². The number of methoxy groups -OCH3 is 1. The molecule has 158 valence electrons. The van der Waals surface area contributed by atoms with E-state index >= 15 is 0 Å². The smallest absolute Gasteiger partial charge is 0.160 e. The highest BCUT2D eigenvalue weighted by Gasteiger charge is 2.39. The Labute approximate surface area is 169 Å². The second-order valence-electron chi connectivity index (χ2n) is 8.02. The molecule has 0 radical (unpaired) electrons. The third-order valence-electron chi connectivity index (χ3n) is 5.51. The lowest BCUT2D eigenvalue weighted by Crippen LogP contribution is -2.38. The molecule has 0 aliphatic heterocycles. The summed E-state index contributed by atoms with van der Waals surface area (Å²) < 4.78 is 10.9. The average molecular weight is 404 g/mol. The van der Waals surface area contributed by atoms with Gasteiger partial charge >= 0.3 is 0 Å². The third kappa shape index (κ3) is 4.42. The molecule has 0 saturated carbocycles. The van der Waals surface area contributed by atoms with Crippen LogP contribution in [0.4, 0.5) is 0 Å². The van der Waals surface area contributed by atoms with Crippen molar-refractivity contribution < 1.29 is 35.0 Å². The Kier molecular flexibility index (Phi) is 5.93. The maximum Gasteiger partial charge on any atom is 0.160 e. The first-order chi connectivity index (χ1) is 13.6. The summed E-state index contributed by atoms with van der Waals surface area (Å²) in [6, 6.07) is 7.97. The number of ether oxygens (including phenoxy) is 2. The fourth-order valence-electron chi connectivity index (χ4n) is 4.09. The predicted octanol–water partition coefficient (Wildman–Crippen LogP) is 2.47. The van der Waals surface area contributed by atoms with Gasteiger partial charge in [-0.25, -0.2) is 0 Å². The second-order valence-corrected chi connectivity index (χ2v) is 8.02. The Bertz CT molecular complexity index is 872. The summed E-state index contributed by atoms with van der Waals surface area (Å²) in [4.78, 5) is 0. The lowest BCUT2D eigenvalue weighted by atomic mass is 9.67. The number of hydrogen-bond donors (Lipinski definition) is 5. The highest BCUT2D eigenvalue weighted by Crippen LogP contribution is 2.48. The highest BCUT2D eigenvalue weighted by atomic mass is 16.6. The van der Waals surface area contributed by atoms with E-state index in [1.807, 2.05) is 0 Å². The van der Waals surface area contributed by atoms with Crippen LogP contribution in [0.25, 0.3) is 0 Å². The summed E-state index contributed by atoms with van der Waals surface area (Å²) in [7, 11) is 1.48. The molecule has 2 aromatic rings. The van der Waals surface area contributed by atoms with E-state index in [0.29, 0.717) is 17.7 Å². The number of rotatable bonds is 6. The standard InChI is InChI=1S/C22H28O7/c1-22(2,27)29-11-16-14(10-23)6-13-8-20(28-3)19(26)9-15(13)21(16)12-4-5-17(24)18(25)7-12/h4-5,7-9,14,16,21,23-27H,6,10-11H2,1-3H3/t14-,16-,21-/m1/s1. The van der Waals surface area contributed by atoms with Gasteiger partial charge in [-0.2, -0.15) is 0 Å². The van der Waals surface area contributed by atoms with Gasteiger partial charge in [0.25, 0.3) is 0 Å². The van der Waals surface area contributed by atoms with E-state index in [2.05, 4.69) is 0 Å². The van der Waals surface area contributed by atoms with Crippen LogP contribution >= 0.6 is 0 Å². The van der Waals surface area contributed by atoms with Gasteiger partial charge in [0.1, 0.15) is 0 Å². The molecule has 0 aromatic heterocycles. The minimum atomic E-state index is -1.34. The van der Waals surface area contributed by atoms with Crippen LogP contribution in [0.15, 0.2) is 30.3 Å². The monoisotopic (exact) mass is 404 g/mol. The maximum atomic E-state index is 10.4. The van der Waals surface area contributed by atoms with Crippen molar-refractivity contribution in [3.8, 4) is 23.0 Å². The number of aromatic hydroxyl groups is 3. The van der Waals surface area contributed by atoms with Crippen LogP contribution in [0.5, 0.6) is 23.0 Å². The fourth-order valence-corrected chi connectivity index (χ4v) is 4.09. The SMILES string of the molecule is COc1cc2c(cc1O)[C@@H](c1ccc(O)c(O)c1)[C@H](COC(C)(C)O)[C@@H](CO)C2. The Morgan fingerprint density at radius 3 is 2.34 bits per heavy atom. The molecule has 7 nitrogen and oxygen atoms in total. The fraction of sp³-hybridized carbons (Fsp3) is 0.455. The largest absolute Gasteiger partial charge is 0.504 e. The van der Waals surface area contributed by atoms with Gasteiger partial charge in [-0.3, -0.25) is 0 Å². The van der Waals surface area contributed by atoms with Gasteiger partial charge < -0.3 is 35.0 Å². The molecule has 1 aliphatic rings. The van der Waals surface area contributed by atoms with Crippen molar-refractivity contribution in [2.75, 3.05) is 20.3 Å². The van der Waals surface area contributed by atoms with Gasteiger partial charge in [0, 0.05) is 12.5 Å². The van der Waals surface area contributed by atoms with E-state index in [9.17, 15) is 25.5 Å². The van der Waals surface area contributed by atoms with E-state index in [4.69, 9.17) is 9.47 Å². The zero-order chi connectivity index (χ0) is 21.3. The van der Waals surface area contributed by atoms with Crippen molar-refractivity contribution in [3.05, 3.63) is 47.0 Å². The van der Waals surface area contributed by atoms with Gasteiger partial charge in [0.05, 0.1) is 13.7 Å². The van der Waals surface area contributed by atoms with E-state index in [0.717, 1.165) is 11.1 Å².